The van der Waals surface area contributed by atoms with Crippen LogP contribution < -0.4 is 16.0 Å². The minimum atomic E-state index is -0.397. The number of fused-ring (bicyclic) bond motifs is 1. The molecule has 0 aliphatic rings. The number of imidazole rings is 1. The highest BCUT2D eigenvalue weighted by Crippen LogP contribution is 2.20. The number of benzene rings is 2. The van der Waals surface area contributed by atoms with E-state index < -0.39 is 5.69 Å². The Hall–Kier alpha value is -3.61. The monoisotopic (exact) mass is 418 g/mol. The van der Waals surface area contributed by atoms with Gasteiger partial charge in [0.25, 0.3) is 11.6 Å². The van der Waals surface area contributed by atoms with Gasteiger partial charge in [-0.2, -0.15) is 4.98 Å². The molecule has 7 heteroatoms. The first-order valence-corrected chi connectivity index (χ1v) is 10.5. The zero-order chi connectivity index (χ0) is 21.8. The van der Waals surface area contributed by atoms with Crippen LogP contribution in [0.15, 0.2) is 70.3 Å². The van der Waals surface area contributed by atoms with Crippen LogP contribution in [0.25, 0.3) is 11.2 Å². The first-order chi connectivity index (χ1) is 15.1. The Bertz CT molecular complexity index is 1290. The third-order valence-electron chi connectivity index (χ3n) is 5.29. The highest BCUT2D eigenvalue weighted by molar-refractivity contribution is 5.72. The van der Waals surface area contributed by atoms with Gasteiger partial charge in [0.05, 0.1) is 19.7 Å². The van der Waals surface area contributed by atoms with Crippen molar-refractivity contribution >= 4 is 11.2 Å². The van der Waals surface area contributed by atoms with E-state index in [1.54, 1.807) is 11.6 Å². The Balaban J connectivity index is 1.89. The van der Waals surface area contributed by atoms with Gasteiger partial charge in [0.2, 0.25) is 0 Å². The maximum absolute atomic E-state index is 13.5. The van der Waals surface area contributed by atoms with E-state index in [9.17, 15) is 9.59 Å². The molecule has 2 aromatic heterocycles. The van der Waals surface area contributed by atoms with Crippen molar-refractivity contribution in [1.29, 1.82) is 0 Å². The van der Waals surface area contributed by atoms with Gasteiger partial charge in [0.1, 0.15) is 0 Å². The molecule has 0 fully saturated rings. The summed E-state index contributed by atoms with van der Waals surface area (Å²) in [6.45, 7) is 3.21. The standard InChI is InChI=1S/C24H26N4O3/c1-3-4-15-31-23-25-21-20(27(23)16-18-11-7-5-8-12-18)22(29)28(24(30)26(21)2)17-19-13-9-6-10-14-19/h5-14H,3-4,15-17H2,1-2H3. The van der Waals surface area contributed by atoms with Gasteiger partial charge in [-0.25, -0.2) is 4.79 Å². The van der Waals surface area contributed by atoms with Gasteiger partial charge in [-0.05, 0) is 17.5 Å². The van der Waals surface area contributed by atoms with Crippen LogP contribution in [0.2, 0.25) is 0 Å². The minimum Gasteiger partial charge on any atom is -0.465 e. The number of aryl methyl sites for hydroxylation is 1. The Morgan fingerprint density at radius 2 is 1.45 bits per heavy atom. The summed E-state index contributed by atoms with van der Waals surface area (Å²) < 4.78 is 10.4. The lowest BCUT2D eigenvalue weighted by atomic mass is 10.2. The van der Waals surface area contributed by atoms with E-state index in [0.717, 1.165) is 24.0 Å². The predicted molar refractivity (Wildman–Crippen MR) is 121 cm³/mol. The molecule has 0 saturated heterocycles. The van der Waals surface area contributed by atoms with Crippen molar-refractivity contribution in [3.8, 4) is 6.01 Å². The number of unbranched alkanes of at least 4 members (excludes halogenated alkanes) is 1. The number of aromatic nitrogens is 4. The lowest BCUT2D eigenvalue weighted by Crippen LogP contribution is -2.40. The molecule has 0 atom stereocenters. The van der Waals surface area contributed by atoms with E-state index in [4.69, 9.17) is 4.74 Å². The van der Waals surface area contributed by atoms with Crippen molar-refractivity contribution in [2.45, 2.75) is 32.9 Å². The second-order valence-electron chi connectivity index (χ2n) is 7.56. The zero-order valence-electron chi connectivity index (χ0n) is 17.8. The van der Waals surface area contributed by atoms with Crippen molar-refractivity contribution in [1.82, 2.24) is 18.7 Å². The van der Waals surface area contributed by atoms with E-state index in [-0.39, 0.29) is 12.1 Å². The molecule has 31 heavy (non-hydrogen) atoms. The van der Waals surface area contributed by atoms with Gasteiger partial charge in [-0.1, -0.05) is 74.0 Å². The van der Waals surface area contributed by atoms with Crippen LogP contribution in [0.3, 0.4) is 0 Å². The van der Waals surface area contributed by atoms with Crippen molar-refractivity contribution in [2.75, 3.05) is 6.61 Å². The molecule has 0 saturated carbocycles. The van der Waals surface area contributed by atoms with Crippen molar-refractivity contribution in [2.24, 2.45) is 7.05 Å². The predicted octanol–water partition coefficient (Wildman–Crippen LogP) is 3.17. The summed E-state index contributed by atoms with van der Waals surface area (Å²) in [6.07, 6.45) is 1.87. The summed E-state index contributed by atoms with van der Waals surface area (Å²) in [5.41, 5.74) is 1.84. The fourth-order valence-electron chi connectivity index (χ4n) is 3.59. The second-order valence-corrected chi connectivity index (χ2v) is 7.56. The molecule has 4 aromatic rings. The number of ether oxygens (including phenoxy) is 1. The summed E-state index contributed by atoms with van der Waals surface area (Å²) in [6, 6.07) is 19.7. The molecule has 0 N–H and O–H groups in total. The second kappa shape index (κ2) is 9.04. The van der Waals surface area contributed by atoms with Gasteiger partial charge < -0.3 is 4.74 Å². The highest BCUT2D eigenvalue weighted by Gasteiger charge is 2.21. The normalized spacial score (nSPS) is 11.2. The molecular weight excluding hydrogens is 392 g/mol. The van der Waals surface area contributed by atoms with Crippen LogP contribution in [-0.4, -0.2) is 25.3 Å². The number of rotatable bonds is 8. The first kappa shape index (κ1) is 20.7. The van der Waals surface area contributed by atoms with Gasteiger partial charge in [-0.3, -0.25) is 18.5 Å². The number of hydrogen-bond donors (Lipinski definition) is 0. The molecule has 0 radical (unpaired) electrons. The van der Waals surface area contributed by atoms with Crippen molar-refractivity contribution in [3.05, 3.63) is 92.6 Å². The van der Waals surface area contributed by atoms with Crippen LogP contribution in [0.4, 0.5) is 0 Å². The average Bonchev–Trinajstić information content (AvgIpc) is 3.15. The van der Waals surface area contributed by atoms with Crippen LogP contribution in [0, 0.1) is 0 Å². The highest BCUT2D eigenvalue weighted by atomic mass is 16.5. The van der Waals surface area contributed by atoms with Gasteiger partial charge >= 0.3 is 5.69 Å². The van der Waals surface area contributed by atoms with Crippen LogP contribution in [-0.2, 0) is 20.1 Å². The van der Waals surface area contributed by atoms with E-state index in [0.29, 0.717) is 30.3 Å². The smallest absolute Gasteiger partial charge is 0.332 e. The topological polar surface area (TPSA) is 71.1 Å². The molecule has 2 aromatic carbocycles. The SMILES string of the molecule is CCCCOc1nc2c(c(=O)n(Cc3ccccc3)c(=O)n2C)n1Cc1ccccc1. The van der Waals surface area contributed by atoms with Crippen LogP contribution in [0.1, 0.15) is 30.9 Å². The third-order valence-corrected chi connectivity index (χ3v) is 5.29. The molecule has 160 valence electrons. The molecule has 0 bridgehead atoms. The van der Waals surface area contributed by atoms with Crippen LogP contribution in [0.5, 0.6) is 6.01 Å². The van der Waals surface area contributed by atoms with E-state index in [2.05, 4.69) is 11.9 Å². The number of hydrogen-bond acceptors (Lipinski definition) is 4. The van der Waals surface area contributed by atoms with Gasteiger partial charge in [0, 0.05) is 7.05 Å². The summed E-state index contributed by atoms with van der Waals surface area (Å²) >= 11 is 0. The lowest BCUT2D eigenvalue weighted by molar-refractivity contribution is 0.275. The summed E-state index contributed by atoms with van der Waals surface area (Å²) in [7, 11) is 1.64. The molecule has 0 unspecified atom stereocenters. The maximum Gasteiger partial charge on any atom is 0.332 e. The molecule has 0 amide bonds. The number of nitrogens with zero attached hydrogens (tertiary/aromatic N) is 4. The minimum absolute atomic E-state index is 0.199. The third kappa shape index (κ3) is 4.17. The molecular formula is C24H26N4O3. The molecule has 0 spiro atoms. The summed E-state index contributed by atoms with van der Waals surface area (Å²) in [5, 5.41) is 0. The van der Waals surface area contributed by atoms with Crippen molar-refractivity contribution in [3.63, 3.8) is 0 Å². The summed E-state index contributed by atoms with van der Waals surface area (Å²) in [4.78, 5) is 31.0. The van der Waals surface area contributed by atoms with Crippen molar-refractivity contribution < 1.29 is 4.74 Å². The molecule has 7 nitrogen and oxygen atoms in total. The van der Waals surface area contributed by atoms with Gasteiger partial charge in [-0.15, -0.1) is 0 Å². The summed E-state index contributed by atoms with van der Waals surface area (Å²) in [5.74, 6) is 0. The molecule has 0 aliphatic heterocycles. The average molecular weight is 418 g/mol. The zero-order valence-corrected chi connectivity index (χ0v) is 17.8. The Labute approximate surface area is 180 Å². The van der Waals surface area contributed by atoms with E-state index in [1.807, 2.05) is 60.7 Å². The largest absolute Gasteiger partial charge is 0.465 e. The quantitative estimate of drug-likeness (QED) is 0.412. The Morgan fingerprint density at radius 1 is 0.871 bits per heavy atom. The molecule has 0 aliphatic carbocycles. The Kier molecular flexibility index (Phi) is 6.02. The van der Waals surface area contributed by atoms with E-state index in [1.165, 1.54) is 9.13 Å². The molecule has 2 heterocycles. The van der Waals surface area contributed by atoms with Crippen LogP contribution >= 0.6 is 0 Å². The maximum atomic E-state index is 13.5. The Morgan fingerprint density at radius 3 is 2.03 bits per heavy atom. The first-order valence-electron chi connectivity index (χ1n) is 10.5. The van der Waals surface area contributed by atoms with E-state index >= 15 is 0 Å². The lowest BCUT2D eigenvalue weighted by Gasteiger charge is -2.11. The fourth-order valence-corrected chi connectivity index (χ4v) is 3.59. The van der Waals surface area contributed by atoms with Gasteiger partial charge in [0.15, 0.2) is 11.2 Å². The fraction of sp³-hybridized carbons (Fsp3) is 0.292. The molecule has 4 rings (SSSR count).